The van der Waals surface area contributed by atoms with E-state index in [4.69, 9.17) is 0 Å². The Balaban J connectivity index is 2.14. The first-order chi connectivity index (χ1) is 8.87. The number of rotatable bonds is 4. The lowest BCUT2D eigenvalue weighted by atomic mass is 9.99. The molecule has 1 aromatic heterocycles. The minimum atomic E-state index is -0.895. The van der Waals surface area contributed by atoms with E-state index in [0.29, 0.717) is 12.0 Å². The summed E-state index contributed by atoms with van der Waals surface area (Å²) in [6.45, 7) is 3.27. The minimum Gasteiger partial charge on any atom is -0.357 e. The van der Waals surface area contributed by atoms with Gasteiger partial charge in [0.15, 0.2) is 5.78 Å². The highest BCUT2D eigenvalue weighted by atomic mass is 16.2. The zero-order chi connectivity index (χ0) is 14.2. The van der Waals surface area contributed by atoms with Crippen LogP contribution in [0.2, 0.25) is 0 Å². The summed E-state index contributed by atoms with van der Waals surface area (Å²) in [6, 6.07) is 1.17. The molecule has 0 aliphatic carbocycles. The number of aromatic nitrogens is 1. The van der Waals surface area contributed by atoms with Gasteiger partial charge in [-0.2, -0.15) is 0 Å². The van der Waals surface area contributed by atoms with Crippen LogP contribution in [-0.4, -0.2) is 39.3 Å². The van der Waals surface area contributed by atoms with Crippen LogP contribution in [-0.2, 0) is 11.8 Å². The van der Waals surface area contributed by atoms with Crippen molar-refractivity contribution in [1.29, 1.82) is 0 Å². The quantitative estimate of drug-likeness (QED) is 0.649. The minimum absolute atomic E-state index is 0.218. The largest absolute Gasteiger partial charge is 0.357 e. The average molecular weight is 263 g/mol. The molecule has 0 bridgehead atoms. The van der Waals surface area contributed by atoms with Crippen molar-refractivity contribution >= 4 is 17.7 Å². The van der Waals surface area contributed by atoms with E-state index in [1.807, 2.05) is 6.92 Å². The standard InChI is InChI=1S/C13H17N3O3/c1-4-13(2)11(18)16(12(19)14-13)8-10(17)9-5-6-15(3)7-9/h5-7H,4,8H2,1-3H3,(H,14,19)/t13-/m0/s1. The summed E-state index contributed by atoms with van der Waals surface area (Å²) in [5.74, 6) is -0.589. The van der Waals surface area contributed by atoms with Crippen LogP contribution < -0.4 is 5.32 Å². The Morgan fingerprint density at radius 2 is 2.11 bits per heavy atom. The molecule has 0 radical (unpaired) electrons. The Hall–Kier alpha value is -2.11. The zero-order valence-corrected chi connectivity index (χ0v) is 11.3. The number of ketones is 1. The first-order valence-corrected chi connectivity index (χ1v) is 6.16. The number of hydrogen-bond donors (Lipinski definition) is 1. The van der Waals surface area contributed by atoms with Crippen LogP contribution in [0.1, 0.15) is 30.6 Å². The Morgan fingerprint density at radius 3 is 2.58 bits per heavy atom. The molecule has 0 spiro atoms. The molecule has 6 heteroatoms. The Kier molecular flexibility index (Phi) is 3.18. The third kappa shape index (κ3) is 2.25. The van der Waals surface area contributed by atoms with Gasteiger partial charge in [-0.1, -0.05) is 6.92 Å². The Bertz CT molecular complexity index is 549. The normalized spacial score (nSPS) is 22.8. The highest BCUT2D eigenvalue weighted by Gasteiger charge is 2.46. The SMILES string of the molecule is CC[C@]1(C)NC(=O)N(CC(=O)c2ccn(C)c2)C1=O. The third-order valence-corrected chi connectivity index (χ3v) is 3.51. The van der Waals surface area contributed by atoms with Gasteiger partial charge in [-0.15, -0.1) is 0 Å². The van der Waals surface area contributed by atoms with Gasteiger partial charge in [-0.3, -0.25) is 14.5 Å². The molecule has 1 aliphatic rings. The maximum Gasteiger partial charge on any atom is 0.325 e. The van der Waals surface area contributed by atoms with Crippen molar-refractivity contribution in [2.45, 2.75) is 25.8 Å². The third-order valence-electron chi connectivity index (χ3n) is 3.51. The molecule has 6 nitrogen and oxygen atoms in total. The van der Waals surface area contributed by atoms with Crippen molar-refractivity contribution in [3.8, 4) is 0 Å². The lowest BCUT2D eigenvalue weighted by molar-refractivity contribution is -0.130. The molecule has 1 aliphatic heterocycles. The van der Waals surface area contributed by atoms with Gasteiger partial charge in [0.05, 0.1) is 6.54 Å². The maximum atomic E-state index is 12.1. The second-order valence-electron chi connectivity index (χ2n) is 5.00. The number of nitrogens with one attached hydrogen (secondary N) is 1. The summed E-state index contributed by atoms with van der Waals surface area (Å²) < 4.78 is 1.75. The van der Waals surface area contributed by atoms with Gasteiger partial charge < -0.3 is 9.88 Å². The van der Waals surface area contributed by atoms with Crippen molar-refractivity contribution < 1.29 is 14.4 Å². The summed E-state index contributed by atoms with van der Waals surface area (Å²) in [4.78, 5) is 36.9. The van der Waals surface area contributed by atoms with Gasteiger partial charge in [0.2, 0.25) is 0 Å². The van der Waals surface area contributed by atoms with Crippen LogP contribution >= 0.6 is 0 Å². The van der Waals surface area contributed by atoms with Gasteiger partial charge in [-0.05, 0) is 19.4 Å². The molecule has 2 heterocycles. The highest BCUT2D eigenvalue weighted by molar-refractivity contribution is 6.10. The lowest BCUT2D eigenvalue weighted by Crippen LogP contribution is -2.43. The van der Waals surface area contributed by atoms with Crippen LogP contribution in [0.3, 0.4) is 0 Å². The van der Waals surface area contributed by atoms with E-state index in [9.17, 15) is 14.4 Å². The predicted octanol–water partition coefficient (Wildman–Crippen LogP) is 0.928. The second-order valence-corrected chi connectivity index (χ2v) is 5.00. The molecule has 0 unspecified atom stereocenters. The number of nitrogens with zero attached hydrogens (tertiary/aromatic N) is 2. The average Bonchev–Trinajstić information content (AvgIpc) is 2.88. The molecule has 1 atom stereocenters. The van der Waals surface area contributed by atoms with Gasteiger partial charge in [0.1, 0.15) is 5.54 Å². The topological polar surface area (TPSA) is 71.4 Å². The molecule has 0 aromatic carbocycles. The number of Topliss-reactive ketones (excluding diaryl/α,β-unsaturated/α-hetero) is 1. The molecule has 3 amide bonds. The molecule has 1 saturated heterocycles. The Labute approximate surface area is 111 Å². The fraction of sp³-hybridized carbons (Fsp3) is 0.462. The van der Waals surface area contributed by atoms with Crippen molar-refractivity contribution in [3.05, 3.63) is 24.0 Å². The van der Waals surface area contributed by atoms with Crippen LogP contribution in [0.4, 0.5) is 4.79 Å². The molecule has 1 N–H and O–H groups in total. The number of amides is 3. The van der Waals surface area contributed by atoms with E-state index in [-0.39, 0.29) is 18.2 Å². The Morgan fingerprint density at radius 1 is 1.42 bits per heavy atom. The number of imide groups is 1. The predicted molar refractivity (Wildman–Crippen MR) is 68.7 cm³/mol. The van der Waals surface area contributed by atoms with Crippen molar-refractivity contribution in [1.82, 2.24) is 14.8 Å². The van der Waals surface area contributed by atoms with Crippen LogP contribution in [0.25, 0.3) is 0 Å². The van der Waals surface area contributed by atoms with Crippen molar-refractivity contribution in [3.63, 3.8) is 0 Å². The van der Waals surface area contributed by atoms with Crippen molar-refractivity contribution in [2.24, 2.45) is 7.05 Å². The fourth-order valence-electron chi connectivity index (χ4n) is 2.03. The molecular weight excluding hydrogens is 246 g/mol. The highest BCUT2D eigenvalue weighted by Crippen LogP contribution is 2.21. The first kappa shape index (κ1) is 13.3. The number of hydrogen-bond acceptors (Lipinski definition) is 3. The summed E-state index contributed by atoms with van der Waals surface area (Å²) >= 11 is 0. The van der Waals surface area contributed by atoms with E-state index in [0.717, 1.165) is 4.90 Å². The number of urea groups is 1. The van der Waals surface area contributed by atoms with Gasteiger partial charge in [0, 0.05) is 25.0 Å². The second kappa shape index (κ2) is 4.53. The van der Waals surface area contributed by atoms with Gasteiger partial charge in [-0.25, -0.2) is 4.79 Å². The molecule has 19 heavy (non-hydrogen) atoms. The monoisotopic (exact) mass is 263 g/mol. The van der Waals surface area contributed by atoms with E-state index < -0.39 is 11.6 Å². The summed E-state index contributed by atoms with van der Waals surface area (Å²) in [6.07, 6.45) is 3.91. The molecule has 2 rings (SSSR count). The van der Waals surface area contributed by atoms with E-state index in [2.05, 4.69) is 5.32 Å². The van der Waals surface area contributed by atoms with Crippen LogP contribution in [0.5, 0.6) is 0 Å². The maximum absolute atomic E-state index is 12.1. The first-order valence-electron chi connectivity index (χ1n) is 6.16. The van der Waals surface area contributed by atoms with Crippen molar-refractivity contribution in [2.75, 3.05) is 6.54 Å². The number of aryl methyl sites for hydroxylation is 1. The molecule has 102 valence electrons. The smallest absolute Gasteiger partial charge is 0.325 e. The molecule has 1 aromatic rings. The number of carbonyl (C=O) groups is 3. The van der Waals surface area contributed by atoms with Crippen LogP contribution in [0.15, 0.2) is 18.5 Å². The number of carbonyl (C=O) groups excluding carboxylic acids is 3. The lowest BCUT2D eigenvalue weighted by Gasteiger charge is -2.18. The van der Waals surface area contributed by atoms with Gasteiger partial charge in [0.25, 0.3) is 5.91 Å². The van der Waals surface area contributed by atoms with Crippen LogP contribution in [0, 0.1) is 0 Å². The summed E-state index contributed by atoms with van der Waals surface area (Å²) in [5.41, 5.74) is -0.401. The molecular formula is C13H17N3O3. The summed E-state index contributed by atoms with van der Waals surface area (Å²) in [7, 11) is 1.80. The molecule has 1 fully saturated rings. The van der Waals surface area contributed by atoms with E-state index in [1.165, 1.54) is 0 Å². The fourth-order valence-corrected chi connectivity index (χ4v) is 2.03. The molecule has 0 saturated carbocycles. The van der Waals surface area contributed by atoms with E-state index in [1.54, 1.807) is 37.0 Å². The van der Waals surface area contributed by atoms with E-state index >= 15 is 0 Å². The van der Waals surface area contributed by atoms with Gasteiger partial charge >= 0.3 is 6.03 Å². The summed E-state index contributed by atoms with van der Waals surface area (Å²) in [5, 5.41) is 2.62. The zero-order valence-electron chi connectivity index (χ0n) is 11.3.